The fourth-order valence-corrected chi connectivity index (χ4v) is 9.50. The monoisotopic (exact) mass is 778 g/mol. The van der Waals surface area contributed by atoms with Crippen LogP contribution in [0.5, 0.6) is 5.75 Å². The summed E-state index contributed by atoms with van der Waals surface area (Å²) in [6.07, 6.45) is 2.50. The van der Waals surface area contributed by atoms with Crippen molar-refractivity contribution in [2.24, 2.45) is 35.0 Å². The molecule has 0 bridgehead atoms. The molecule has 56 heavy (non-hydrogen) atoms. The third kappa shape index (κ3) is 9.72. The number of methoxy groups -OCH3 is 1. The number of ether oxygens (including phenoxy) is 1. The van der Waals surface area contributed by atoms with E-state index in [1.165, 1.54) is 12.8 Å². The summed E-state index contributed by atoms with van der Waals surface area (Å²) in [5.74, 6) is 1.13. The zero-order valence-electron chi connectivity index (χ0n) is 36.0. The Balaban J connectivity index is 1.45. The molecule has 0 radical (unpaired) electrons. The number of hydrogen-bond donors (Lipinski definition) is 4. The maximum Gasteiger partial charge on any atom is 0.251 e. The molecule has 2 aromatic rings. The van der Waals surface area contributed by atoms with Gasteiger partial charge in [-0.2, -0.15) is 5.06 Å². The van der Waals surface area contributed by atoms with Crippen molar-refractivity contribution in [3.63, 3.8) is 0 Å². The first-order valence-corrected chi connectivity index (χ1v) is 21.0. The zero-order chi connectivity index (χ0) is 41.1. The van der Waals surface area contributed by atoms with E-state index in [0.29, 0.717) is 29.1 Å². The molecule has 2 heterocycles. The van der Waals surface area contributed by atoms with Gasteiger partial charge in [0, 0.05) is 61.0 Å². The normalized spacial score (nSPS) is 27.9. The number of hydroxylamine groups is 2. The van der Waals surface area contributed by atoms with Crippen LogP contribution in [-0.4, -0.2) is 110 Å². The fourth-order valence-electron chi connectivity index (χ4n) is 9.50. The molecule has 2 amide bonds. The van der Waals surface area contributed by atoms with Gasteiger partial charge < -0.3 is 35.4 Å². The van der Waals surface area contributed by atoms with Gasteiger partial charge in [-0.1, -0.05) is 66.7 Å². The Morgan fingerprint density at radius 2 is 1.77 bits per heavy atom. The molecule has 2 saturated heterocycles. The van der Waals surface area contributed by atoms with E-state index in [2.05, 4.69) is 70.1 Å². The van der Waals surface area contributed by atoms with Crippen LogP contribution in [-0.2, 0) is 16.2 Å². The minimum atomic E-state index is -0.907. The predicted octanol–water partition coefficient (Wildman–Crippen LogP) is 5.97. The highest BCUT2D eigenvalue weighted by atomic mass is 16.7. The molecular weight excluding hydrogens is 707 g/mol. The van der Waals surface area contributed by atoms with Crippen LogP contribution < -0.4 is 20.3 Å². The average molecular weight is 778 g/mol. The summed E-state index contributed by atoms with van der Waals surface area (Å²) >= 11 is 0. The highest BCUT2D eigenvalue weighted by Gasteiger charge is 2.51. The van der Waals surface area contributed by atoms with E-state index in [1.807, 2.05) is 49.3 Å². The molecule has 4 N–H and O–H groups in total. The lowest BCUT2D eigenvalue weighted by molar-refractivity contribution is -0.182. The van der Waals surface area contributed by atoms with Crippen molar-refractivity contribution in [2.75, 3.05) is 52.3 Å². The summed E-state index contributed by atoms with van der Waals surface area (Å²) in [5.41, 5.74) is 3.99. The lowest BCUT2D eigenvalue weighted by Crippen LogP contribution is -2.56. The summed E-state index contributed by atoms with van der Waals surface area (Å²) in [5, 5.41) is 29.8. The van der Waals surface area contributed by atoms with Crippen molar-refractivity contribution in [3.8, 4) is 16.9 Å². The number of likely N-dealkylation sites (tertiary alicyclic amines) is 1. The molecule has 11 heteroatoms. The Hall–Kier alpha value is -3.22. The molecule has 11 nitrogen and oxygen atoms in total. The van der Waals surface area contributed by atoms with E-state index < -0.39 is 24.2 Å². The van der Waals surface area contributed by atoms with Gasteiger partial charge in [-0.15, -0.1) is 0 Å². The summed E-state index contributed by atoms with van der Waals surface area (Å²) in [6.45, 7) is 20.2. The van der Waals surface area contributed by atoms with Crippen LogP contribution in [0.2, 0.25) is 0 Å². The first-order chi connectivity index (χ1) is 26.5. The first kappa shape index (κ1) is 43.9. The number of aliphatic hydroxyl groups is 2. The van der Waals surface area contributed by atoms with Crippen LogP contribution in [0.25, 0.3) is 11.1 Å². The number of nitrogens with one attached hydrogen (secondary N) is 2. The maximum absolute atomic E-state index is 14.4. The fraction of sp³-hybridized carbons (Fsp3) is 0.689. The van der Waals surface area contributed by atoms with Crippen molar-refractivity contribution >= 4 is 17.5 Å². The summed E-state index contributed by atoms with van der Waals surface area (Å²) < 4.78 is 6.13. The van der Waals surface area contributed by atoms with Gasteiger partial charge in [0.1, 0.15) is 17.9 Å². The molecule has 3 fully saturated rings. The van der Waals surface area contributed by atoms with Crippen LogP contribution in [0.15, 0.2) is 36.4 Å². The van der Waals surface area contributed by atoms with Crippen molar-refractivity contribution in [3.05, 3.63) is 47.5 Å². The van der Waals surface area contributed by atoms with Gasteiger partial charge in [-0.25, -0.2) is 0 Å². The summed E-state index contributed by atoms with van der Waals surface area (Å²) in [4.78, 5) is 39.2. The largest absolute Gasteiger partial charge is 0.496 e. The number of hydrogen-bond acceptors (Lipinski definition) is 9. The second-order valence-electron chi connectivity index (χ2n) is 18.4. The summed E-state index contributed by atoms with van der Waals surface area (Å²) in [7, 11) is 5.55. The lowest BCUT2D eigenvalue weighted by Gasteiger charge is -2.50. The number of amides is 2. The van der Waals surface area contributed by atoms with Crippen molar-refractivity contribution in [1.29, 1.82) is 0 Å². The molecule has 9 atom stereocenters. The van der Waals surface area contributed by atoms with E-state index >= 15 is 0 Å². The van der Waals surface area contributed by atoms with Gasteiger partial charge in [0.05, 0.1) is 26.4 Å². The second-order valence-corrected chi connectivity index (χ2v) is 18.4. The third-order valence-electron chi connectivity index (χ3n) is 13.6. The number of anilines is 1. The van der Waals surface area contributed by atoms with Crippen LogP contribution in [0.3, 0.4) is 0 Å². The molecule has 5 rings (SSSR count). The number of carbonyl (C=O) groups excluding carboxylic acids is 2. The number of benzene rings is 2. The Morgan fingerprint density at radius 3 is 2.38 bits per heavy atom. The van der Waals surface area contributed by atoms with Gasteiger partial charge in [0.15, 0.2) is 0 Å². The van der Waals surface area contributed by atoms with Crippen molar-refractivity contribution < 1.29 is 29.4 Å². The maximum atomic E-state index is 14.4. The Bertz CT molecular complexity index is 1640. The Labute approximate surface area is 336 Å². The Kier molecular flexibility index (Phi) is 14.6. The van der Waals surface area contributed by atoms with Crippen LogP contribution in [0, 0.1) is 35.0 Å². The number of carbonyl (C=O) groups is 2. The molecule has 2 aromatic carbocycles. The lowest BCUT2D eigenvalue weighted by atomic mass is 9.58. The van der Waals surface area contributed by atoms with Crippen LogP contribution in [0.1, 0.15) is 97.0 Å². The van der Waals surface area contributed by atoms with E-state index in [-0.39, 0.29) is 48.4 Å². The van der Waals surface area contributed by atoms with E-state index in [0.717, 1.165) is 54.9 Å². The molecule has 2 aliphatic heterocycles. The molecule has 1 aliphatic carbocycles. The van der Waals surface area contributed by atoms with Gasteiger partial charge in [0.2, 0.25) is 5.91 Å². The third-order valence-corrected chi connectivity index (χ3v) is 13.6. The number of rotatable bonds is 15. The topological polar surface area (TPSA) is 127 Å². The standard InChI is InChI=1S/C45H71N5O6/c1-27(2)19-35(25-49-17-12-13-18-49)46-43(53)34-21-33(22-36(23-34)48(9)10)37-16-14-15-32(42(37)55-11)24-50-41(40(31(6)52)39(26-51)56-50)44(54)47-38-20-28(3)45(7,8)30(5)29(38)4/h14-16,21-23,27-31,35,38-41,51-52H,12-13,17-20,24-26H2,1-11H3,(H,46,53)(H,47,54)/t28-,29+,30+,31+,35+,38+,39+,40-,41+/m1/s1. The van der Waals surface area contributed by atoms with E-state index in [9.17, 15) is 19.8 Å². The SMILES string of the molecule is COc1c(CN2O[C@@H](CO)[C@@H]([C@H](C)O)[C@H]2C(=O)N[C@H]2C[C@@H](C)C(C)(C)[C@@H](C)[C@@H]2C)cccc1-c1cc(C(=O)N[C@@H](CC(C)C)CN2CCCC2)cc(N(C)C)c1. The molecule has 0 spiro atoms. The number of aliphatic hydroxyl groups excluding tert-OH is 2. The summed E-state index contributed by atoms with van der Waals surface area (Å²) in [6, 6.07) is 10.9. The number of nitrogens with zero attached hydrogens (tertiary/aromatic N) is 3. The Morgan fingerprint density at radius 1 is 1.07 bits per heavy atom. The molecule has 1 saturated carbocycles. The van der Waals surface area contributed by atoms with E-state index in [4.69, 9.17) is 9.57 Å². The molecule has 3 aliphatic rings. The van der Waals surface area contributed by atoms with Crippen LogP contribution in [0.4, 0.5) is 5.69 Å². The zero-order valence-corrected chi connectivity index (χ0v) is 36.0. The van der Waals surface area contributed by atoms with Gasteiger partial charge >= 0.3 is 0 Å². The van der Waals surface area contributed by atoms with Crippen LogP contribution >= 0.6 is 0 Å². The molecule has 0 unspecified atom stereocenters. The van der Waals surface area contributed by atoms with E-state index in [1.54, 1.807) is 19.1 Å². The second kappa shape index (κ2) is 18.6. The van der Waals surface area contributed by atoms with Crippen molar-refractivity contribution in [2.45, 2.75) is 118 Å². The first-order valence-electron chi connectivity index (χ1n) is 21.0. The van der Waals surface area contributed by atoms with Gasteiger partial charge in [-0.3, -0.25) is 14.4 Å². The highest BCUT2D eigenvalue weighted by Crippen LogP contribution is 2.48. The molecular formula is C45H71N5O6. The molecule has 312 valence electrons. The minimum absolute atomic E-state index is 0.0284. The quantitative estimate of drug-likeness (QED) is 0.173. The number of para-hydroxylation sites is 1. The van der Waals surface area contributed by atoms with Gasteiger partial charge in [-0.05, 0) is 98.5 Å². The molecule has 0 aromatic heterocycles. The van der Waals surface area contributed by atoms with Gasteiger partial charge in [0.25, 0.3) is 5.91 Å². The predicted molar refractivity (Wildman–Crippen MR) is 223 cm³/mol. The highest BCUT2D eigenvalue weighted by molar-refractivity contribution is 5.97. The average Bonchev–Trinajstić information content (AvgIpc) is 3.80. The van der Waals surface area contributed by atoms with Crippen molar-refractivity contribution in [1.82, 2.24) is 20.6 Å². The minimum Gasteiger partial charge on any atom is -0.496 e. The smallest absolute Gasteiger partial charge is 0.251 e.